The summed E-state index contributed by atoms with van der Waals surface area (Å²) in [6, 6.07) is -1.42. The van der Waals surface area contributed by atoms with Gasteiger partial charge < -0.3 is 30.9 Å². The zero-order chi connectivity index (χ0) is 18.6. The maximum Gasteiger partial charge on any atom is 0.323 e. The molecule has 0 aromatic rings. The molecule has 2 rings (SSSR count). The minimum absolute atomic E-state index is 0.00621. The first-order valence-electron chi connectivity index (χ1n) is 7.91. The molecule has 4 atom stereocenters. The van der Waals surface area contributed by atoms with Gasteiger partial charge in [-0.15, -0.1) is 0 Å². The molecular formula is C14H24N6O5. The fourth-order valence-electron chi connectivity index (χ4n) is 2.21. The van der Waals surface area contributed by atoms with Crippen molar-refractivity contribution in [2.75, 3.05) is 19.9 Å². The van der Waals surface area contributed by atoms with Gasteiger partial charge in [0.25, 0.3) is 5.91 Å². The Morgan fingerprint density at radius 1 is 1.52 bits per heavy atom. The number of hydrogen-bond acceptors (Lipinski definition) is 10. The van der Waals surface area contributed by atoms with Crippen molar-refractivity contribution < 1.29 is 24.2 Å². The lowest BCUT2D eigenvalue weighted by Gasteiger charge is -2.28. The molecule has 2 heterocycles. The van der Waals surface area contributed by atoms with E-state index >= 15 is 0 Å². The van der Waals surface area contributed by atoms with Crippen LogP contribution < -0.4 is 16.8 Å². The minimum atomic E-state index is -0.741. The highest BCUT2D eigenvalue weighted by atomic mass is 16.6. The summed E-state index contributed by atoms with van der Waals surface area (Å²) in [4.78, 5) is 33.2. The minimum Gasteiger partial charge on any atom is -0.462 e. The molecule has 2 aliphatic rings. The summed E-state index contributed by atoms with van der Waals surface area (Å²) in [6.45, 7) is 3.12. The van der Waals surface area contributed by atoms with Gasteiger partial charge in [-0.05, 0) is 5.92 Å². The SMILES string of the molecule is CC(C)[C@H](N)C(=O)OC[C@H](CO)OCN1C=N[C@@H]2C(=O)NC(N)=N[C@H]21. The first-order chi connectivity index (χ1) is 11.8. The van der Waals surface area contributed by atoms with Crippen molar-refractivity contribution in [1.29, 1.82) is 0 Å². The lowest BCUT2D eigenvalue weighted by molar-refractivity contribution is -0.153. The Labute approximate surface area is 145 Å². The Bertz CT molecular complexity index is 566. The second-order valence-electron chi connectivity index (χ2n) is 6.14. The average Bonchev–Trinajstić information content (AvgIpc) is 2.97. The lowest BCUT2D eigenvalue weighted by Crippen LogP contribution is -2.54. The highest BCUT2D eigenvalue weighted by molar-refractivity contribution is 6.02. The maximum absolute atomic E-state index is 11.8. The van der Waals surface area contributed by atoms with E-state index in [-0.39, 0.29) is 37.7 Å². The number of fused-ring (bicyclic) bond motifs is 1. The van der Waals surface area contributed by atoms with E-state index in [0.29, 0.717) is 0 Å². The van der Waals surface area contributed by atoms with E-state index in [1.54, 1.807) is 4.90 Å². The molecule has 0 radical (unpaired) electrons. The summed E-state index contributed by atoms with van der Waals surface area (Å²) in [5.41, 5.74) is 11.2. The van der Waals surface area contributed by atoms with Crippen LogP contribution in [0.15, 0.2) is 9.98 Å². The number of amides is 1. The summed E-state index contributed by atoms with van der Waals surface area (Å²) in [5, 5.41) is 11.8. The number of esters is 1. The van der Waals surface area contributed by atoms with Gasteiger partial charge in [-0.3, -0.25) is 19.9 Å². The molecule has 1 amide bonds. The van der Waals surface area contributed by atoms with Crippen LogP contribution in [0.2, 0.25) is 0 Å². The molecular weight excluding hydrogens is 332 g/mol. The molecule has 0 spiro atoms. The van der Waals surface area contributed by atoms with E-state index in [4.69, 9.17) is 20.9 Å². The highest BCUT2D eigenvalue weighted by Crippen LogP contribution is 2.18. The van der Waals surface area contributed by atoms with E-state index < -0.39 is 30.3 Å². The van der Waals surface area contributed by atoms with Crippen LogP contribution in [0, 0.1) is 5.92 Å². The zero-order valence-corrected chi connectivity index (χ0v) is 14.2. The molecule has 0 aromatic carbocycles. The van der Waals surface area contributed by atoms with Crippen LogP contribution in [-0.2, 0) is 19.1 Å². The van der Waals surface area contributed by atoms with Crippen LogP contribution in [0.4, 0.5) is 0 Å². The number of aliphatic imine (C=N–C) groups is 2. The number of carbonyl (C=O) groups is 2. The summed E-state index contributed by atoms with van der Waals surface area (Å²) in [5.74, 6) is -0.940. The maximum atomic E-state index is 11.8. The van der Waals surface area contributed by atoms with Crippen molar-refractivity contribution in [3.05, 3.63) is 0 Å². The standard InChI is InChI=1S/C14H24N6O5/c1-7(2)9(15)13(23)24-4-8(3-21)25-6-20-5-17-10-11(20)18-14(16)19-12(10)22/h5,7-11,21H,3-4,6,15H2,1-2H3,(H3,16,18,19,22)/t8-,9-,10-,11-/m0/s1. The van der Waals surface area contributed by atoms with Gasteiger partial charge >= 0.3 is 5.97 Å². The van der Waals surface area contributed by atoms with Gasteiger partial charge in [0.15, 0.2) is 18.2 Å². The van der Waals surface area contributed by atoms with E-state index in [0.717, 1.165) is 0 Å². The van der Waals surface area contributed by atoms with E-state index in [9.17, 15) is 14.7 Å². The molecule has 25 heavy (non-hydrogen) atoms. The summed E-state index contributed by atoms with van der Waals surface area (Å²) in [7, 11) is 0. The van der Waals surface area contributed by atoms with Crippen LogP contribution in [0.1, 0.15) is 13.8 Å². The van der Waals surface area contributed by atoms with Gasteiger partial charge in [0.1, 0.15) is 25.5 Å². The van der Waals surface area contributed by atoms with Crippen molar-refractivity contribution >= 4 is 24.2 Å². The molecule has 0 fully saturated rings. The largest absolute Gasteiger partial charge is 0.462 e. The number of nitrogens with zero attached hydrogens (tertiary/aromatic N) is 3. The smallest absolute Gasteiger partial charge is 0.323 e. The fourth-order valence-corrected chi connectivity index (χ4v) is 2.21. The second-order valence-corrected chi connectivity index (χ2v) is 6.14. The van der Waals surface area contributed by atoms with Crippen molar-refractivity contribution in [3.63, 3.8) is 0 Å². The van der Waals surface area contributed by atoms with E-state index in [1.165, 1.54) is 6.34 Å². The molecule has 0 aromatic heterocycles. The molecule has 0 aliphatic carbocycles. The third-order valence-electron chi connectivity index (χ3n) is 3.85. The van der Waals surface area contributed by atoms with Crippen LogP contribution in [0.25, 0.3) is 0 Å². The fraction of sp³-hybridized carbons (Fsp3) is 0.714. The summed E-state index contributed by atoms with van der Waals surface area (Å²) >= 11 is 0. The number of aliphatic hydroxyl groups excluding tert-OH is 1. The monoisotopic (exact) mass is 356 g/mol. The normalized spacial score (nSPS) is 24.6. The zero-order valence-electron chi connectivity index (χ0n) is 14.2. The van der Waals surface area contributed by atoms with Crippen molar-refractivity contribution in [3.8, 4) is 0 Å². The predicted molar refractivity (Wildman–Crippen MR) is 88.3 cm³/mol. The van der Waals surface area contributed by atoms with Crippen molar-refractivity contribution in [2.24, 2.45) is 27.4 Å². The van der Waals surface area contributed by atoms with Crippen LogP contribution in [-0.4, -0.2) is 78.5 Å². The predicted octanol–water partition coefficient (Wildman–Crippen LogP) is -2.67. The summed E-state index contributed by atoms with van der Waals surface area (Å²) in [6.07, 6.45) is 0.103. The molecule has 6 N–H and O–H groups in total. The van der Waals surface area contributed by atoms with Crippen LogP contribution >= 0.6 is 0 Å². The van der Waals surface area contributed by atoms with Crippen molar-refractivity contribution in [1.82, 2.24) is 10.2 Å². The summed E-state index contributed by atoms with van der Waals surface area (Å²) < 4.78 is 10.6. The van der Waals surface area contributed by atoms with Gasteiger partial charge in [0, 0.05) is 0 Å². The Morgan fingerprint density at radius 2 is 2.24 bits per heavy atom. The number of nitrogens with one attached hydrogen (secondary N) is 1. The quantitative estimate of drug-likeness (QED) is 0.342. The van der Waals surface area contributed by atoms with Gasteiger partial charge in [-0.2, -0.15) is 0 Å². The van der Waals surface area contributed by atoms with Crippen LogP contribution in [0.3, 0.4) is 0 Å². The van der Waals surface area contributed by atoms with Gasteiger partial charge in [0.05, 0.1) is 12.9 Å². The number of nitrogens with two attached hydrogens (primary N) is 2. The Hall–Kier alpha value is -2.24. The first-order valence-corrected chi connectivity index (χ1v) is 7.91. The number of rotatable bonds is 8. The third-order valence-corrected chi connectivity index (χ3v) is 3.85. The molecule has 11 nitrogen and oxygen atoms in total. The first kappa shape index (κ1) is 19.1. The molecule has 2 aliphatic heterocycles. The Kier molecular flexibility index (Phi) is 6.28. The lowest BCUT2D eigenvalue weighted by atomic mass is 10.1. The Morgan fingerprint density at radius 3 is 2.88 bits per heavy atom. The molecule has 0 bridgehead atoms. The van der Waals surface area contributed by atoms with E-state index in [2.05, 4.69) is 15.3 Å². The van der Waals surface area contributed by atoms with Crippen molar-refractivity contribution in [2.45, 2.75) is 38.2 Å². The second kappa shape index (κ2) is 8.23. The van der Waals surface area contributed by atoms with Gasteiger partial charge in [-0.25, -0.2) is 4.99 Å². The van der Waals surface area contributed by atoms with E-state index in [1.807, 2.05) is 13.8 Å². The number of aliphatic hydroxyl groups is 1. The molecule has 11 heteroatoms. The van der Waals surface area contributed by atoms with Gasteiger partial charge in [0.2, 0.25) is 0 Å². The topological polar surface area (TPSA) is 165 Å². The average molecular weight is 356 g/mol. The number of carbonyl (C=O) groups excluding carboxylic acids is 2. The highest BCUT2D eigenvalue weighted by Gasteiger charge is 2.39. The molecule has 0 unspecified atom stereocenters. The number of guanidine groups is 1. The molecule has 140 valence electrons. The third kappa shape index (κ3) is 4.65. The molecule has 0 saturated carbocycles. The Balaban J connectivity index is 1.83. The number of hydrogen-bond donors (Lipinski definition) is 4. The molecule has 0 saturated heterocycles. The van der Waals surface area contributed by atoms with Crippen LogP contribution in [0.5, 0.6) is 0 Å². The van der Waals surface area contributed by atoms with Gasteiger partial charge in [-0.1, -0.05) is 13.8 Å². The number of ether oxygens (including phenoxy) is 2.